The van der Waals surface area contributed by atoms with Crippen molar-refractivity contribution < 1.29 is 13.2 Å². The topological polar surface area (TPSA) is 94.1 Å². The number of amides is 1. The average molecular weight is 442 g/mol. The summed E-state index contributed by atoms with van der Waals surface area (Å²) in [5.41, 5.74) is 1.53. The van der Waals surface area contributed by atoms with Crippen LogP contribution in [0.3, 0.4) is 0 Å². The molecule has 1 saturated heterocycles. The molecule has 0 radical (unpaired) electrons. The largest absolute Gasteiger partial charge is 0.346 e. The zero-order valence-corrected chi connectivity index (χ0v) is 18.3. The molecule has 0 bridgehead atoms. The van der Waals surface area contributed by atoms with Crippen LogP contribution in [0.1, 0.15) is 17.2 Å². The van der Waals surface area contributed by atoms with Crippen LogP contribution in [0.5, 0.6) is 0 Å². The summed E-state index contributed by atoms with van der Waals surface area (Å²) in [6, 6.07) is 16.4. The van der Waals surface area contributed by atoms with E-state index in [0.717, 1.165) is 38.3 Å². The molecule has 2 heterocycles. The predicted molar refractivity (Wildman–Crippen MR) is 119 cm³/mol. The summed E-state index contributed by atoms with van der Waals surface area (Å²) in [6.45, 7) is 4.48. The lowest BCUT2D eigenvalue weighted by Gasteiger charge is -2.35. The van der Waals surface area contributed by atoms with Gasteiger partial charge in [-0.2, -0.15) is 0 Å². The first-order valence-corrected chi connectivity index (χ1v) is 11.8. The standard InChI is InChI=1S/C22H27N5O3S/c1-26-11-13-27(14-12-26)16-19(17-7-3-2-4-8-17)24-21(28)15-23-22-18-9-5-6-10-20(18)31(29,30)25-22/h2-10,19H,11-16H2,1H3,(H,23,25)(H,24,28). The van der Waals surface area contributed by atoms with Crippen LogP contribution in [-0.4, -0.2) is 76.3 Å². The molecule has 8 nitrogen and oxygen atoms in total. The van der Waals surface area contributed by atoms with Crippen LogP contribution < -0.4 is 10.0 Å². The van der Waals surface area contributed by atoms with Crippen LogP contribution in [-0.2, 0) is 14.8 Å². The Morgan fingerprint density at radius 1 is 1.06 bits per heavy atom. The lowest BCUT2D eigenvalue weighted by Crippen LogP contribution is -2.48. The Balaban J connectivity index is 1.45. The second kappa shape index (κ2) is 9.17. The third-order valence-electron chi connectivity index (χ3n) is 5.62. The number of carbonyl (C=O) groups is 1. The highest BCUT2D eigenvalue weighted by molar-refractivity contribution is 7.90. The van der Waals surface area contributed by atoms with Crippen LogP contribution >= 0.6 is 0 Å². The number of nitrogens with one attached hydrogen (secondary N) is 2. The third kappa shape index (κ3) is 5.12. The predicted octanol–water partition coefficient (Wildman–Crippen LogP) is 0.830. The Labute approximate surface area is 183 Å². The quantitative estimate of drug-likeness (QED) is 0.693. The Hall–Kier alpha value is -2.75. The number of carbonyl (C=O) groups excluding carboxylic acids is 1. The van der Waals surface area contributed by atoms with Gasteiger partial charge in [-0.3, -0.25) is 19.4 Å². The molecule has 0 spiro atoms. The van der Waals surface area contributed by atoms with E-state index >= 15 is 0 Å². The van der Waals surface area contributed by atoms with Crippen LogP contribution in [0.4, 0.5) is 0 Å². The smallest absolute Gasteiger partial charge is 0.263 e. The highest BCUT2D eigenvalue weighted by atomic mass is 32.2. The van der Waals surface area contributed by atoms with Gasteiger partial charge in [-0.15, -0.1) is 0 Å². The van der Waals surface area contributed by atoms with E-state index < -0.39 is 10.0 Å². The molecule has 2 N–H and O–H groups in total. The number of hydrogen-bond acceptors (Lipinski definition) is 6. The van der Waals surface area contributed by atoms with Gasteiger partial charge in [0.25, 0.3) is 10.0 Å². The molecule has 2 aliphatic rings. The zero-order valence-electron chi connectivity index (χ0n) is 17.5. The lowest BCUT2D eigenvalue weighted by molar-refractivity contribution is -0.120. The molecule has 0 saturated carbocycles. The number of hydrogen-bond donors (Lipinski definition) is 2. The van der Waals surface area contributed by atoms with Crippen LogP contribution in [0.2, 0.25) is 0 Å². The summed E-state index contributed by atoms with van der Waals surface area (Å²) in [5, 5.41) is 3.08. The van der Waals surface area contributed by atoms with Gasteiger partial charge in [-0.1, -0.05) is 42.5 Å². The van der Waals surface area contributed by atoms with Gasteiger partial charge in [0.2, 0.25) is 5.91 Å². The van der Waals surface area contributed by atoms with E-state index in [2.05, 4.69) is 31.9 Å². The van der Waals surface area contributed by atoms with E-state index in [-0.39, 0.29) is 29.2 Å². The van der Waals surface area contributed by atoms with Gasteiger partial charge < -0.3 is 10.2 Å². The Morgan fingerprint density at radius 3 is 2.48 bits per heavy atom. The normalized spacial score (nSPS) is 20.7. The van der Waals surface area contributed by atoms with Gasteiger partial charge in [0.15, 0.2) is 0 Å². The first-order valence-electron chi connectivity index (χ1n) is 10.3. The number of likely N-dealkylation sites (N-methyl/N-ethyl adjacent to an activating group) is 1. The van der Waals surface area contributed by atoms with Crippen molar-refractivity contribution in [3.8, 4) is 0 Å². The SMILES string of the molecule is CN1CCN(CC(NC(=O)CN=C2NS(=O)(=O)c3ccccc32)c2ccccc2)CC1. The molecule has 1 unspecified atom stereocenters. The van der Waals surface area contributed by atoms with Gasteiger partial charge in [0.05, 0.1) is 10.9 Å². The summed E-state index contributed by atoms with van der Waals surface area (Å²) >= 11 is 0. The minimum absolute atomic E-state index is 0.155. The van der Waals surface area contributed by atoms with Crippen molar-refractivity contribution in [3.63, 3.8) is 0 Å². The van der Waals surface area contributed by atoms with Gasteiger partial charge in [-0.05, 0) is 24.7 Å². The fourth-order valence-electron chi connectivity index (χ4n) is 3.85. The molecular formula is C22H27N5O3S. The maximum absolute atomic E-state index is 12.7. The molecule has 1 fully saturated rings. The molecule has 1 atom stereocenters. The zero-order chi connectivity index (χ0) is 21.8. The maximum Gasteiger partial charge on any atom is 0.263 e. The van der Waals surface area contributed by atoms with E-state index in [1.165, 1.54) is 6.07 Å². The van der Waals surface area contributed by atoms with Crippen LogP contribution in [0, 0.1) is 0 Å². The minimum atomic E-state index is -3.62. The van der Waals surface area contributed by atoms with E-state index in [0.29, 0.717) is 5.56 Å². The van der Waals surface area contributed by atoms with E-state index in [4.69, 9.17) is 0 Å². The molecule has 2 aliphatic heterocycles. The van der Waals surface area contributed by atoms with Crippen molar-refractivity contribution in [3.05, 3.63) is 65.7 Å². The molecule has 31 heavy (non-hydrogen) atoms. The number of piperazine rings is 1. The molecule has 2 aromatic rings. The van der Waals surface area contributed by atoms with E-state index in [1.54, 1.807) is 18.2 Å². The number of amidine groups is 1. The summed E-state index contributed by atoms with van der Waals surface area (Å²) in [6.07, 6.45) is 0. The molecular weight excluding hydrogens is 414 g/mol. The lowest BCUT2D eigenvalue weighted by atomic mass is 10.1. The number of nitrogens with zero attached hydrogens (tertiary/aromatic N) is 3. The number of fused-ring (bicyclic) bond motifs is 1. The van der Waals surface area contributed by atoms with Gasteiger partial charge in [0.1, 0.15) is 12.4 Å². The average Bonchev–Trinajstić information content (AvgIpc) is 3.04. The van der Waals surface area contributed by atoms with Crippen molar-refractivity contribution in [2.75, 3.05) is 46.3 Å². The van der Waals surface area contributed by atoms with Crippen molar-refractivity contribution in [1.82, 2.24) is 19.8 Å². The van der Waals surface area contributed by atoms with Crippen LogP contribution in [0.15, 0.2) is 64.5 Å². The van der Waals surface area contributed by atoms with E-state index in [1.807, 2.05) is 30.3 Å². The first kappa shape index (κ1) is 21.5. The van der Waals surface area contributed by atoms with Crippen molar-refractivity contribution in [1.29, 1.82) is 0 Å². The van der Waals surface area contributed by atoms with E-state index in [9.17, 15) is 13.2 Å². The second-order valence-corrected chi connectivity index (χ2v) is 9.55. The van der Waals surface area contributed by atoms with Gasteiger partial charge >= 0.3 is 0 Å². The van der Waals surface area contributed by atoms with Crippen LogP contribution in [0.25, 0.3) is 0 Å². The fraction of sp³-hybridized carbons (Fsp3) is 0.364. The fourth-order valence-corrected chi connectivity index (χ4v) is 5.10. The Bertz CT molecular complexity index is 1060. The van der Waals surface area contributed by atoms with Crippen molar-refractivity contribution >= 4 is 21.8 Å². The second-order valence-electron chi connectivity index (χ2n) is 7.90. The monoisotopic (exact) mass is 441 g/mol. The van der Waals surface area contributed by atoms with Crippen molar-refractivity contribution in [2.45, 2.75) is 10.9 Å². The Morgan fingerprint density at radius 2 is 1.74 bits per heavy atom. The summed E-state index contributed by atoms with van der Waals surface area (Å²) in [5.74, 6) is -0.0415. The molecule has 9 heteroatoms. The highest BCUT2D eigenvalue weighted by Crippen LogP contribution is 2.22. The van der Waals surface area contributed by atoms with Crippen molar-refractivity contribution in [2.24, 2.45) is 4.99 Å². The number of aliphatic imine (C=N–C) groups is 1. The third-order valence-corrected chi connectivity index (χ3v) is 7.01. The Kier molecular flexibility index (Phi) is 6.35. The molecule has 1 amide bonds. The summed E-state index contributed by atoms with van der Waals surface area (Å²) < 4.78 is 26.9. The molecule has 164 valence electrons. The molecule has 0 aliphatic carbocycles. The van der Waals surface area contributed by atoms with Gasteiger partial charge in [0, 0.05) is 38.3 Å². The molecule has 2 aromatic carbocycles. The highest BCUT2D eigenvalue weighted by Gasteiger charge is 2.30. The van der Waals surface area contributed by atoms with Gasteiger partial charge in [-0.25, -0.2) is 8.42 Å². The molecule has 0 aromatic heterocycles. The number of benzene rings is 2. The number of sulfonamides is 1. The minimum Gasteiger partial charge on any atom is -0.346 e. The first-order chi connectivity index (χ1) is 14.9. The number of rotatable bonds is 6. The maximum atomic E-state index is 12.7. The summed E-state index contributed by atoms with van der Waals surface area (Å²) in [4.78, 5) is 21.8. The summed E-state index contributed by atoms with van der Waals surface area (Å²) in [7, 11) is -1.50. The molecule has 4 rings (SSSR count).